The van der Waals surface area contributed by atoms with Gasteiger partial charge in [-0.25, -0.2) is 4.79 Å². The molecule has 156 valence electrons. The van der Waals surface area contributed by atoms with Crippen LogP contribution in [0, 0.1) is 13.8 Å². The number of ether oxygens (including phenoxy) is 3. The molecule has 4 rings (SSSR count). The molecular weight excluding hydrogens is 408 g/mol. The molecule has 0 aliphatic carbocycles. The number of hydrogen-bond donors (Lipinski definition) is 0. The lowest BCUT2D eigenvalue weighted by atomic mass is 10.0. The highest BCUT2D eigenvalue weighted by Gasteiger charge is 2.18. The first-order valence-electron chi connectivity index (χ1n) is 9.69. The summed E-state index contributed by atoms with van der Waals surface area (Å²) in [5, 5.41) is 1.28. The van der Waals surface area contributed by atoms with Crippen LogP contribution >= 0.6 is 11.6 Å². The molecule has 0 unspecified atom stereocenters. The monoisotopic (exact) mass is 428 g/mol. The minimum atomic E-state index is -0.419. The quantitative estimate of drug-likeness (QED) is 0.439. The molecular formula is C23H21ClO6. The fourth-order valence-electron chi connectivity index (χ4n) is 3.50. The predicted octanol–water partition coefficient (Wildman–Crippen LogP) is 4.51. The fraction of sp³-hybridized carbons (Fsp3) is 0.304. The number of esters is 1. The number of fused-ring (bicyclic) bond motifs is 2. The van der Waals surface area contributed by atoms with Crippen molar-refractivity contribution in [3.63, 3.8) is 0 Å². The van der Waals surface area contributed by atoms with Crippen molar-refractivity contribution in [1.82, 2.24) is 0 Å². The minimum Gasteiger partial charge on any atom is -0.486 e. The lowest BCUT2D eigenvalue weighted by Gasteiger charge is -2.20. The van der Waals surface area contributed by atoms with Crippen molar-refractivity contribution < 1.29 is 23.4 Å². The molecule has 1 aliphatic rings. The van der Waals surface area contributed by atoms with Crippen LogP contribution in [0.3, 0.4) is 0 Å². The lowest BCUT2D eigenvalue weighted by Crippen LogP contribution is -2.16. The van der Waals surface area contributed by atoms with Crippen molar-refractivity contribution >= 4 is 28.5 Å². The topological polar surface area (TPSA) is 75.0 Å². The van der Waals surface area contributed by atoms with Gasteiger partial charge in [-0.2, -0.15) is 0 Å². The zero-order valence-electron chi connectivity index (χ0n) is 16.7. The van der Waals surface area contributed by atoms with Gasteiger partial charge in [0.15, 0.2) is 11.5 Å². The van der Waals surface area contributed by atoms with Gasteiger partial charge >= 0.3 is 11.6 Å². The van der Waals surface area contributed by atoms with Gasteiger partial charge in [0.1, 0.15) is 25.4 Å². The Kier molecular flexibility index (Phi) is 5.68. The number of rotatable bonds is 5. The van der Waals surface area contributed by atoms with E-state index in [-0.39, 0.29) is 19.4 Å². The average molecular weight is 429 g/mol. The molecule has 2 aromatic carbocycles. The van der Waals surface area contributed by atoms with Gasteiger partial charge in [0.05, 0.1) is 5.02 Å². The predicted molar refractivity (Wildman–Crippen MR) is 113 cm³/mol. The first-order chi connectivity index (χ1) is 14.4. The molecule has 1 aromatic heterocycles. The lowest BCUT2D eigenvalue weighted by molar-refractivity contribution is -0.144. The van der Waals surface area contributed by atoms with E-state index in [4.69, 9.17) is 30.2 Å². The van der Waals surface area contributed by atoms with Crippen LogP contribution in [0.25, 0.3) is 11.0 Å². The Hall–Kier alpha value is -2.99. The van der Waals surface area contributed by atoms with Gasteiger partial charge in [0.2, 0.25) is 0 Å². The van der Waals surface area contributed by atoms with E-state index in [2.05, 4.69) is 0 Å². The second-order valence-electron chi connectivity index (χ2n) is 7.26. The van der Waals surface area contributed by atoms with E-state index < -0.39 is 11.6 Å². The number of carbonyl (C=O) groups is 1. The van der Waals surface area contributed by atoms with E-state index in [1.54, 1.807) is 12.1 Å². The van der Waals surface area contributed by atoms with Crippen molar-refractivity contribution in [2.45, 2.75) is 33.3 Å². The van der Waals surface area contributed by atoms with Gasteiger partial charge in [-0.3, -0.25) is 4.79 Å². The highest BCUT2D eigenvalue weighted by Crippen LogP contribution is 2.38. The molecule has 0 atom stereocenters. The summed E-state index contributed by atoms with van der Waals surface area (Å²) < 4.78 is 21.8. The molecule has 30 heavy (non-hydrogen) atoms. The Morgan fingerprint density at radius 2 is 1.93 bits per heavy atom. The summed E-state index contributed by atoms with van der Waals surface area (Å²) in [6.45, 7) is 4.75. The second-order valence-corrected chi connectivity index (χ2v) is 7.66. The summed E-state index contributed by atoms with van der Waals surface area (Å²) in [7, 11) is 0. The van der Waals surface area contributed by atoms with Gasteiger partial charge in [-0.05, 0) is 55.2 Å². The third kappa shape index (κ3) is 4.14. The molecule has 0 amide bonds. The molecule has 0 bridgehead atoms. The van der Waals surface area contributed by atoms with E-state index >= 15 is 0 Å². The summed E-state index contributed by atoms with van der Waals surface area (Å²) >= 11 is 6.21. The Balaban J connectivity index is 1.41. The molecule has 6 nitrogen and oxygen atoms in total. The Labute approximate surface area is 178 Å². The van der Waals surface area contributed by atoms with Crippen molar-refractivity contribution in [2.75, 3.05) is 13.2 Å². The maximum Gasteiger partial charge on any atom is 0.339 e. The molecule has 0 radical (unpaired) electrons. The van der Waals surface area contributed by atoms with Gasteiger partial charge in [0.25, 0.3) is 0 Å². The van der Waals surface area contributed by atoms with E-state index in [9.17, 15) is 9.59 Å². The second kappa shape index (κ2) is 8.40. The molecule has 0 saturated carbocycles. The van der Waals surface area contributed by atoms with E-state index in [1.807, 2.05) is 32.0 Å². The number of halogens is 1. The molecule has 0 N–H and O–H groups in total. The first-order valence-corrected chi connectivity index (χ1v) is 10.1. The van der Waals surface area contributed by atoms with Crippen molar-refractivity contribution in [1.29, 1.82) is 0 Å². The van der Waals surface area contributed by atoms with Crippen LogP contribution < -0.4 is 15.1 Å². The van der Waals surface area contributed by atoms with Crippen LogP contribution in [0.1, 0.15) is 28.7 Å². The standard InChI is InChI=1S/C23H21ClO6/c1-13-3-4-16-14(2)17(23(26)30-19(16)9-13)5-6-21(25)29-12-15-10-18(24)22-20(11-15)27-7-8-28-22/h3-4,9-11H,5-8,12H2,1-2H3. The number of hydrogen-bond acceptors (Lipinski definition) is 6. The number of carbonyl (C=O) groups excluding carboxylic acids is 1. The summed E-state index contributed by atoms with van der Waals surface area (Å²) in [5.41, 5.74) is 3.17. The normalized spacial score (nSPS) is 12.8. The average Bonchev–Trinajstić information content (AvgIpc) is 2.72. The summed E-state index contributed by atoms with van der Waals surface area (Å²) in [5.74, 6) is 0.634. The van der Waals surface area contributed by atoms with E-state index in [0.717, 1.165) is 16.5 Å². The molecule has 3 aromatic rings. The van der Waals surface area contributed by atoms with Crippen LogP contribution in [-0.2, 0) is 22.6 Å². The van der Waals surface area contributed by atoms with Crippen molar-refractivity contribution in [2.24, 2.45) is 0 Å². The maximum atomic E-state index is 12.4. The van der Waals surface area contributed by atoms with E-state index in [1.165, 1.54) is 0 Å². The van der Waals surface area contributed by atoms with Crippen LogP contribution in [-0.4, -0.2) is 19.2 Å². The number of aryl methyl sites for hydroxylation is 2. The number of benzene rings is 2. The Morgan fingerprint density at radius 3 is 2.77 bits per heavy atom. The zero-order valence-corrected chi connectivity index (χ0v) is 17.5. The highest BCUT2D eigenvalue weighted by molar-refractivity contribution is 6.32. The molecule has 2 heterocycles. The molecule has 1 aliphatic heterocycles. The third-order valence-corrected chi connectivity index (χ3v) is 5.36. The highest BCUT2D eigenvalue weighted by atomic mass is 35.5. The van der Waals surface area contributed by atoms with Crippen LogP contribution in [0.4, 0.5) is 0 Å². The molecule has 0 spiro atoms. The Morgan fingerprint density at radius 1 is 1.13 bits per heavy atom. The third-order valence-electron chi connectivity index (χ3n) is 5.08. The SMILES string of the molecule is Cc1ccc2c(C)c(CCC(=O)OCc3cc(Cl)c4c(c3)OCCO4)c(=O)oc2c1. The first kappa shape index (κ1) is 20.3. The molecule has 0 saturated heterocycles. The molecule has 7 heteroatoms. The summed E-state index contributed by atoms with van der Waals surface area (Å²) in [6.07, 6.45) is 0.319. The minimum absolute atomic E-state index is 0.0553. The van der Waals surface area contributed by atoms with E-state index in [0.29, 0.717) is 46.4 Å². The van der Waals surface area contributed by atoms with Gasteiger partial charge in [0, 0.05) is 17.4 Å². The van der Waals surface area contributed by atoms with Crippen LogP contribution in [0.15, 0.2) is 39.5 Å². The van der Waals surface area contributed by atoms with Gasteiger partial charge in [-0.15, -0.1) is 0 Å². The van der Waals surface area contributed by atoms with Gasteiger partial charge in [-0.1, -0.05) is 23.7 Å². The van der Waals surface area contributed by atoms with Crippen LogP contribution in [0.2, 0.25) is 5.02 Å². The fourth-order valence-corrected chi connectivity index (χ4v) is 3.79. The largest absolute Gasteiger partial charge is 0.486 e. The van der Waals surface area contributed by atoms with Crippen LogP contribution in [0.5, 0.6) is 11.5 Å². The Bertz CT molecular complexity index is 1180. The van der Waals surface area contributed by atoms with Crippen molar-refractivity contribution in [3.8, 4) is 11.5 Å². The smallest absolute Gasteiger partial charge is 0.339 e. The maximum absolute atomic E-state index is 12.4. The van der Waals surface area contributed by atoms with Crippen molar-refractivity contribution in [3.05, 3.63) is 68.0 Å². The van der Waals surface area contributed by atoms with Gasteiger partial charge < -0.3 is 18.6 Å². The summed E-state index contributed by atoms with van der Waals surface area (Å²) in [6, 6.07) is 9.16. The summed E-state index contributed by atoms with van der Waals surface area (Å²) in [4.78, 5) is 24.6. The molecule has 0 fully saturated rings. The zero-order chi connectivity index (χ0) is 21.3.